The molecule has 0 aliphatic heterocycles. The second-order valence-corrected chi connectivity index (χ2v) is 7.49. The maximum Gasteiger partial charge on any atom is 0.214 e. The van der Waals surface area contributed by atoms with E-state index in [0.29, 0.717) is 29.4 Å². The van der Waals surface area contributed by atoms with Crippen LogP contribution >= 0.6 is 28.1 Å². The first kappa shape index (κ1) is 20.4. The van der Waals surface area contributed by atoms with Gasteiger partial charge in [0.2, 0.25) is 4.77 Å². The summed E-state index contributed by atoms with van der Waals surface area (Å²) in [6, 6.07) is 14.0. The number of H-pyrrole nitrogens is 1. The second-order valence-electron chi connectivity index (χ2n) is 6.25. The van der Waals surface area contributed by atoms with Gasteiger partial charge in [-0.25, -0.2) is 4.68 Å². The highest BCUT2D eigenvalue weighted by Crippen LogP contribution is 2.37. The molecule has 2 aromatic carbocycles. The van der Waals surface area contributed by atoms with Gasteiger partial charge in [-0.05, 0) is 57.8 Å². The van der Waals surface area contributed by atoms with Crippen molar-refractivity contribution in [1.82, 2.24) is 14.9 Å². The first-order valence-corrected chi connectivity index (χ1v) is 10.3. The topological polar surface area (TPSA) is 64.1 Å². The van der Waals surface area contributed by atoms with Crippen molar-refractivity contribution in [2.75, 3.05) is 12.5 Å². The van der Waals surface area contributed by atoms with Gasteiger partial charge in [-0.15, -0.1) is 0 Å². The summed E-state index contributed by atoms with van der Waals surface area (Å²) in [7, 11) is 1.64. The van der Waals surface area contributed by atoms with Gasteiger partial charge in [-0.1, -0.05) is 37.3 Å². The number of ether oxygens (including phenoxy) is 2. The van der Waals surface area contributed by atoms with Crippen LogP contribution in [0.15, 0.2) is 46.9 Å². The Morgan fingerprint density at radius 2 is 2.00 bits per heavy atom. The first-order valence-electron chi connectivity index (χ1n) is 9.05. The summed E-state index contributed by atoms with van der Waals surface area (Å²) in [4.78, 5) is 0. The average Bonchev–Trinajstić information content (AvgIpc) is 3.05. The molecule has 3 aromatic rings. The summed E-state index contributed by atoms with van der Waals surface area (Å²) in [5.41, 5.74) is 5.45. The fourth-order valence-corrected chi connectivity index (χ4v) is 3.62. The van der Waals surface area contributed by atoms with E-state index in [9.17, 15) is 0 Å². The number of nitrogens with zero attached hydrogens (tertiary/aromatic N) is 2. The number of aromatic nitrogens is 3. The third-order valence-electron chi connectivity index (χ3n) is 4.17. The van der Waals surface area contributed by atoms with Gasteiger partial charge >= 0.3 is 0 Å². The van der Waals surface area contributed by atoms with Crippen LogP contribution in [0.3, 0.4) is 0 Å². The summed E-state index contributed by atoms with van der Waals surface area (Å²) >= 11 is 8.91. The van der Waals surface area contributed by atoms with Gasteiger partial charge in [-0.2, -0.15) is 5.10 Å². The molecule has 28 heavy (non-hydrogen) atoms. The molecule has 0 spiro atoms. The molecule has 0 bridgehead atoms. The maximum absolute atomic E-state index is 5.99. The molecule has 148 valence electrons. The Hall–Kier alpha value is -2.32. The molecule has 0 radical (unpaired) electrons. The lowest BCUT2D eigenvalue weighted by atomic mass is 10.2. The summed E-state index contributed by atoms with van der Waals surface area (Å²) < 4.78 is 14.7. The lowest BCUT2D eigenvalue weighted by Gasteiger charge is -2.15. The number of benzene rings is 2. The highest BCUT2D eigenvalue weighted by molar-refractivity contribution is 9.10. The molecule has 1 aromatic heterocycles. The van der Waals surface area contributed by atoms with E-state index in [1.807, 2.05) is 47.1 Å². The molecule has 3 rings (SSSR count). The predicted octanol–water partition coefficient (Wildman–Crippen LogP) is 4.99. The zero-order valence-corrected chi connectivity index (χ0v) is 18.3. The van der Waals surface area contributed by atoms with Gasteiger partial charge in [-0.3, -0.25) is 5.10 Å². The van der Waals surface area contributed by atoms with Crippen molar-refractivity contribution in [3.8, 4) is 11.5 Å². The summed E-state index contributed by atoms with van der Waals surface area (Å²) in [5.74, 6) is 2.25. The van der Waals surface area contributed by atoms with Gasteiger partial charge in [0.25, 0.3) is 0 Å². The van der Waals surface area contributed by atoms with Crippen molar-refractivity contribution in [2.24, 2.45) is 0 Å². The van der Waals surface area contributed by atoms with Crippen LogP contribution in [0.1, 0.15) is 30.3 Å². The van der Waals surface area contributed by atoms with Crippen LogP contribution in [-0.4, -0.2) is 22.0 Å². The van der Waals surface area contributed by atoms with Crippen LogP contribution < -0.4 is 14.9 Å². The van der Waals surface area contributed by atoms with E-state index in [1.54, 1.807) is 7.11 Å². The normalized spacial score (nSPS) is 10.7. The van der Waals surface area contributed by atoms with Crippen LogP contribution in [0.25, 0.3) is 0 Å². The van der Waals surface area contributed by atoms with E-state index >= 15 is 0 Å². The minimum absolute atomic E-state index is 0.470. The van der Waals surface area contributed by atoms with Crippen molar-refractivity contribution < 1.29 is 9.47 Å². The Morgan fingerprint density at radius 1 is 1.21 bits per heavy atom. The predicted molar refractivity (Wildman–Crippen MR) is 116 cm³/mol. The van der Waals surface area contributed by atoms with E-state index in [2.05, 4.69) is 38.5 Å². The molecule has 0 atom stereocenters. The van der Waals surface area contributed by atoms with Crippen molar-refractivity contribution in [3.63, 3.8) is 0 Å². The molecular formula is C20H23BrN4O2S. The highest BCUT2D eigenvalue weighted by Gasteiger charge is 2.13. The van der Waals surface area contributed by atoms with Gasteiger partial charge in [0.05, 0.1) is 18.1 Å². The van der Waals surface area contributed by atoms with Crippen molar-refractivity contribution in [2.45, 2.75) is 32.9 Å². The number of rotatable bonds is 9. The van der Waals surface area contributed by atoms with E-state index in [1.165, 1.54) is 0 Å². The lowest BCUT2D eigenvalue weighted by molar-refractivity contribution is 0.282. The molecule has 1 heterocycles. The Bertz CT molecular complexity index is 972. The Balaban J connectivity index is 1.74. The van der Waals surface area contributed by atoms with Crippen LogP contribution in [-0.2, 0) is 19.6 Å². The zero-order valence-electron chi connectivity index (χ0n) is 15.9. The number of hydrogen-bond acceptors (Lipinski definition) is 5. The average molecular weight is 463 g/mol. The second kappa shape index (κ2) is 9.75. The molecule has 0 saturated carbocycles. The third kappa shape index (κ3) is 4.94. The number of nitrogens with one attached hydrogen (secondary N) is 2. The molecule has 2 N–H and O–H groups in total. The fraction of sp³-hybridized carbons (Fsp3) is 0.300. The molecule has 0 amide bonds. The number of aryl methyl sites for hydroxylation is 1. The molecule has 0 aliphatic rings. The SMILES string of the molecule is CCCc1n[nH]c(=S)n1NCc1cc(Br)c(OCc2ccccc2)c(OC)c1. The van der Waals surface area contributed by atoms with Crippen molar-refractivity contribution in [1.29, 1.82) is 0 Å². The molecule has 0 aliphatic carbocycles. The van der Waals surface area contributed by atoms with Gasteiger partial charge in [0.15, 0.2) is 17.3 Å². The highest BCUT2D eigenvalue weighted by atomic mass is 79.9. The molecule has 6 nitrogen and oxygen atoms in total. The van der Waals surface area contributed by atoms with Crippen molar-refractivity contribution >= 4 is 28.1 Å². The zero-order chi connectivity index (χ0) is 19.9. The summed E-state index contributed by atoms with van der Waals surface area (Å²) in [6.45, 7) is 3.15. The van der Waals surface area contributed by atoms with E-state index in [4.69, 9.17) is 21.7 Å². The molecule has 8 heteroatoms. The van der Waals surface area contributed by atoms with Gasteiger partial charge in [0.1, 0.15) is 6.61 Å². The van der Waals surface area contributed by atoms with Crippen LogP contribution in [0.2, 0.25) is 0 Å². The standard InChI is InChI=1S/C20H23BrN4O2S/c1-3-7-18-23-24-20(28)25(18)22-12-15-10-16(21)19(17(11-15)26-2)27-13-14-8-5-4-6-9-14/h4-6,8-11,22H,3,7,12-13H2,1-2H3,(H,24,28). The Morgan fingerprint density at radius 3 is 2.71 bits per heavy atom. The summed E-state index contributed by atoms with van der Waals surface area (Å²) in [5, 5.41) is 7.10. The maximum atomic E-state index is 5.99. The smallest absolute Gasteiger partial charge is 0.214 e. The van der Waals surface area contributed by atoms with E-state index < -0.39 is 0 Å². The molecule has 0 saturated heterocycles. The molecule has 0 unspecified atom stereocenters. The monoisotopic (exact) mass is 462 g/mol. The summed E-state index contributed by atoms with van der Waals surface area (Å²) in [6.07, 6.45) is 1.84. The van der Waals surface area contributed by atoms with Crippen LogP contribution in [0.4, 0.5) is 0 Å². The Kier molecular flexibility index (Phi) is 7.11. The number of halogens is 1. The van der Waals surface area contributed by atoms with E-state index in [0.717, 1.165) is 34.3 Å². The van der Waals surface area contributed by atoms with Crippen LogP contribution in [0.5, 0.6) is 11.5 Å². The lowest BCUT2D eigenvalue weighted by Crippen LogP contribution is -2.17. The molecular weight excluding hydrogens is 440 g/mol. The first-order chi connectivity index (χ1) is 13.6. The Labute approximate surface area is 178 Å². The third-order valence-corrected chi connectivity index (χ3v) is 5.03. The van der Waals surface area contributed by atoms with E-state index in [-0.39, 0.29) is 0 Å². The molecule has 0 fully saturated rings. The number of aromatic amines is 1. The minimum atomic E-state index is 0.470. The quantitative estimate of drug-likeness (QED) is 0.438. The number of hydrogen-bond donors (Lipinski definition) is 2. The van der Waals surface area contributed by atoms with Crippen LogP contribution in [0, 0.1) is 4.77 Å². The van der Waals surface area contributed by atoms with Crippen molar-refractivity contribution in [3.05, 3.63) is 68.7 Å². The van der Waals surface area contributed by atoms with Gasteiger partial charge in [0, 0.05) is 6.42 Å². The fourth-order valence-electron chi connectivity index (χ4n) is 2.80. The number of methoxy groups -OCH3 is 1. The largest absolute Gasteiger partial charge is 0.493 e. The minimum Gasteiger partial charge on any atom is -0.493 e. The van der Waals surface area contributed by atoms with Gasteiger partial charge < -0.3 is 14.9 Å².